The van der Waals surface area contributed by atoms with Crippen LogP contribution >= 0.6 is 23.2 Å². The predicted octanol–water partition coefficient (Wildman–Crippen LogP) is 4.35. The Labute approximate surface area is 339 Å². The molecular weight excluding hydrogens is 840 g/mol. The van der Waals surface area contributed by atoms with E-state index in [-0.39, 0.29) is 22.2 Å². The molecule has 1 aliphatic rings. The summed E-state index contributed by atoms with van der Waals surface area (Å²) in [6.45, 7) is -0.401. The summed E-state index contributed by atoms with van der Waals surface area (Å²) >= 11 is 12.3. The van der Waals surface area contributed by atoms with Crippen molar-refractivity contribution < 1.29 is 59.1 Å². The van der Waals surface area contributed by atoms with Crippen LogP contribution in [-0.2, 0) is 41.2 Å². The Morgan fingerprint density at radius 1 is 0.931 bits per heavy atom. The second-order valence-corrected chi connectivity index (χ2v) is 16.8. The molecule has 0 saturated carbocycles. The first-order chi connectivity index (χ1) is 27.0. The van der Waals surface area contributed by atoms with Gasteiger partial charge in [0.1, 0.15) is 30.1 Å². The van der Waals surface area contributed by atoms with Crippen molar-refractivity contribution in [3.63, 3.8) is 0 Å². The van der Waals surface area contributed by atoms with E-state index < -0.39 is 106 Å². The molecule has 13 nitrogen and oxygen atoms in total. The van der Waals surface area contributed by atoms with Gasteiger partial charge in [-0.2, -0.15) is 22.0 Å². The summed E-state index contributed by atoms with van der Waals surface area (Å²) in [5.74, 6) is -14.3. The number of amides is 4. The molecule has 3 N–H and O–H groups in total. The Kier molecular flexibility index (Phi) is 14.8. The van der Waals surface area contributed by atoms with Gasteiger partial charge < -0.3 is 25.6 Å². The van der Waals surface area contributed by atoms with Crippen molar-refractivity contribution in [2.75, 3.05) is 20.2 Å². The first-order valence-electron chi connectivity index (χ1n) is 17.4. The van der Waals surface area contributed by atoms with Crippen LogP contribution in [0.1, 0.15) is 41.9 Å². The van der Waals surface area contributed by atoms with Crippen LogP contribution in [0.25, 0.3) is 0 Å². The lowest BCUT2D eigenvalue weighted by Gasteiger charge is -2.31. The number of nitrogens with one attached hydrogen (secondary N) is 3. The Balaban J connectivity index is 1.72. The number of aromatic nitrogens is 1. The minimum Gasteiger partial charge on any atom is -0.497 e. The fourth-order valence-electron chi connectivity index (χ4n) is 6.04. The van der Waals surface area contributed by atoms with Crippen LogP contribution < -0.4 is 20.7 Å². The van der Waals surface area contributed by atoms with Gasteiger partial charge in [-0.1, -0.05) is 61.3 Å². The van der Waals surface area contributed by atoms with Crippen molar-refractivity contribution >= 4 is 62.5 Å². The van der Waals surface area contributed by atoms with Crippen molar-refractivity contribution in [1.29, 1.82) is 0 Å². The third kappa shape index (κ3) is 11.6. The Morgan fingerprint density at radius 3 is 2.16 bits per heavy atom. The number of ketones is 1. The van der Waals surface area contributed by atoms with Crippen LogP contribution in [0, 0.1) is 5.92 Å². The number of carbonyl (C=O) groups is 5. The molecule has 4 atom stereocenters. The largest absolute Gasteiger partial charge is 0.497 e. The lowest BCUT2D eigenvalue weighted by molar-refractivity contribution is -0.165. The summed E-state index contributed by atoms with van der Waals surface area (Å²) in [5, 5.41) is 4.40. The number of sulfone groups is 1. The normalized spacial score (nSPS) is 17.0. The average molecular weight is 879 g/mol. The monoisotopic (exact) mass is 877 g/mol. The lowest BCUT2D eigenvalue weighted by Crippen LogP contribution is -2.60. The van der Waals surface area contributed by atoms with Crippen LogP contribution in [-0.4, -0.2) is 103 Å². The molecule has 58 heavy (non-hydrogen) atoms. The van der Waals surface area contributed by atoms with E-state index in [0.29, 0.717) is 16.9 Å². The summed E-state index contributed by atoms with van der Waals surface area (Å²) in [4.78, 5) is 71.9. The minimum atomic E-state index is -5.09. The van der Waals surface area contributed by atoms with Gasteiger partial charge in [-0.15, -0.1) is 0 Å². The number of likely N-dealkylation sites (tertiary alicyclic amines) is 1. The van der Waals surface area contributed by atoms with Gasteiger partial charge in [-0.3, -0.25) is 29.0 Å². The van der Waals surface area contributed by atoms with Crippen molar-refractivity contribution in [3.8, 4) is 5.75 Å². The second-order valence-electron chi connectivity index (χ2n) is 13.7. The number of methoxy groups -OCH3 is 1. The van der Waals surface area contributed by atoms with Gasteiger partial charge >= 0.3 is 12.1 Å². The van der Waals surface area contributed by atoms with E-state index in [1.165, 1.54) is 87.8 Å². The third-order valence-corrected chi connectivity index (χ3v) is 11.9. The van der Waals surface area contributed by atoms with E-state index in [4.69, 9.17) is 27.9 Å². The Morgan fingerprint density at radius 2 is 1.59 bits per heavy atom. The smallest absolute Gasteiger partial charge is 0.405 e. The molecule has 0 bridgehead atoms. The maximum Gasteiger partial charge on any atom is 0.405 e. The maximum absolute atomic E-state index is 15.0. The first kappa shape index (κ1) is 45.8. The van der Waals surface area contributed by atoms with E-state index in [0.717, 1.165) is 10.2 Å². The second kappa shape index (κ2) is 18.8. The molecule has 2 aromatic carbocycles. The van der Waals surface area contributed by atoms with Gasteiger partial charge in [0.25, 0.3) is 11.8 Å². The number of benzene rings is 2. The van der Waals surface area contributed by atoms with E-state index in [1.807, 2.05) is 0 Å². The molecule has 0 spiro atoms. The number of ether oxygens (including phenoxy) is 1. The van der Waals surface area contributed by atoms with Crippen molar-refractivity contribution in [2.45, 2.75) is 67.9 Å². The Bertz CT molecular complexity index is 2110. The van der Waals surface area contributed by atoms with Crippen LogP contribution in [0.5, 0.6) is 5.75 Å². The number of hydrogen-bond donors (Lipinski definition) is 3. The topological polar surface area (TPSA) is 181 Å². The van der Waals surface area contributed by atoms with Crippen molar-refractivity contribution in [3.05, 3.63) is 93.7 Å². The SMILES string of the molecule is COc1ccc(CS(=O)(=O)[C@@H]2C[C@@H](C(=O)N[C@H](C(=O)C(F)(F)C(=O)NCC(F)(F)F)C(C)C)N(C(=O)[C@H](Cc3ccc(Cl)c(Cl)c3)NC(=O)c3ccccn3)C2)cc1. The summed E-state index contributed by atoms with van der Waals surface area (Å²) in [6, 6.07) is 9.25. The standard InChI is InChI=1S/C37H38Cl2F5N5O8S/c1-20(2)30(31(50)37(43,44)35(54)46-19-36(40,41)42)48-33(52)29-16-24(58(55,56)18-21-7-10-23(57-3)11-8-21)17-49(29)34(53)28(15-22-9-12-25(38)26(39)14-22)47-32(51)27-6-4-5-13-45-27/h4-14,20,24,28-30H,15-19H2,1-3H3,(H,46,54)(H,47,51)(H,48,52)/t24-,28+,29+,30+/m1/s1. The average Bonchev–Trinajstić information content (AvgIpc) is 3.63. The molecule has 2 heterocycles. The molecule has 1 aromatic heterocycles. The zero-order chi connectivity index (χ0) is 43.2. The zero-order valence-electron chi connectivity index (χ0n) is 31.0. The summed E-state index contributed by atoms with van der Waals surface area (Å²) in [6.07, 6.45) is -4.66. The lowest BCUT2D eigenvalue weighted by atomic mass is 9.94. The zero-order valence-corrected chi connectivity index (χ0v) is 33.3. The first-order valence-corrected chi connectivity index (χ1v) is 19.9. The quantitative estimate of drug-likeness (QED) is 0.139. The summed E-state index contributed by atoms with van der Waals surface area (Å²) < 4.78 is 101. The van der Waals surface area contributed by atoms with Crippen LogP contribution in [0.15, 0.2) is 66.9 Å². The number of nitrogens with zero attached hydrogens (tertiary/aromatic N) is 2. The molecule has 1 fully saturated rings. The number of hydrogen-bond acceptors (Lipinski definition) is 9. The highest BCUT2D eigenvalue weighted by Crippen LogP contribution is 2.30. The van der Waals surface area contributed by atoms with Gasteiger partial charge in [0.15, 0.2) is 9.84 Å². The number of carbonyl (C=O) groups excluding carboxylic acids is 5. The van der Waals surface area contributed by atoms with Crippen LogP contribution in [0.3, 0.4) is 0 Å². The number of halogens is 7. The Hall–Kier alpha value is -4.88. The molecule has 4 rings (SSSR count). The highest BCUT2D eigenvalue weighted by Gasteiger charge is 2.53. The van der Waals surface area contributed by atoms with E-state index in [2.05, 4.69) is 15.6 Å². The predicted molar refractivity (Wildman–Crippen MR) is 201 cm³/mol. The third-order valence-electron chi connectivity index (χ3n) is 9.10. The molecule has 3 aromatic rings. The van der Waals surface area contributed by atoms with Gasteiger partial charge in [0, 0.05) is 19.2 Å². The van der Waals surface area contributed by atoms with Gasteiger partial charge in [0.2, 0.25) is 17.6 Å². The minimum absolute atomic E-state index is 0.0952. The highest BCUT2D eigenvalue weighted by atomic mass is 35.5. The number of Topliss-reactive ketones (excluding diaryl/α,β-unsaturated/α-hetero) is 1. The summed E-state index contributed by atoms with van der Waals surface area (Å²) in [7, 11) is -2.80. The van der Waals surface area contributed by atoms with E-state index in [9.17, 15) is 45.6 Å². The van der Waals surface area contributed by atoms with Crippen molar-refractivity contribution in [2.24, 2.45) is 5.92 Å². The maximum atomic E-state index is 15.0. The highest BCUT2D eigenvalue weighted by molar-refractivity contribution is 7.91. The molecule has 1 saturated heterocycles. The van der Waals surface area contributed by atoms with Crippen LogP contribution in [0.2, 0.25) is 10.0 Å². The molecule has 21 heteroatoms. The molecule has 314 valence electrons. The molecule has 4 amide bonds. The fourth-order valence-corrected chi connectivity index (χ4v) is 8.11. The molecule has 0 unspecified atom stereocenters. The van der Waals surface area contributed by atoms with Gasteiger partial charge in [-0.25, -0.2) is 8.42 Å². The van der Waals surface area contributed by atoms with Crippen LogP contribution in [0.4, 0.5) is 22.0 Å². The number of pyridine rings is 1. The van der Waals surface area contributed by atoms with E-state index in [1.54, 1.807) is 0 Å². The molecule has 1 aliphatic heterocycles. The molecular formula is C37H38Cl2F5N5O8S. The molecule has 0 radical (unpaired) electrons. The number of alkyl halides is 5. The fraction of sp³-hybridized carbons (Fsp3) is 0.405. The van der Waals surface area contributed by atoms with E-state index >= 15 is 8.78 Å². The number of rotatable bonds is 16. The molecule has 0 aliphatic carbocycles. The van der Waals surface area contributed by atoms with Gasteiger partial charge in [-0.05, 0) is 59.9 Å². The van der Waals surface area contributed by atoms with Crippen molar-refractivity contribution in [1.82, 2.24) is 25.8 Å². The van der Waals surface area contributed by atoms with Gasteiger partial charge in [0.05, 0.1) is 34.2 Å². The summed E-state index contributed by atoms with van der Waals surface area (Å²) in [5.41, 5.74) is 0.584.